The van der Waals surface area contributed by atoms with Gasteiger partial charge < -0.3 is 4.90 Å². The van der Waals surface area contributed by atoms with E-state index < -0.39 is 0 Å². The minimum absolute atomic E-state index is 0.213. The number of allylic oxidation sites excluding steroid dienone is 3. The molecule has 2 aliphatic carbocycles. The van der Waals surface area contributed by atoms with Crippen LogP contribution < -0.4 is 0 Å². The summed E-state index contributed by atoms with van der Waals surface area (Å²) in [6.45, 7) is 3.44. The summed E-state index contributed by atoms with van der Waals surface area (Å²) in [5, 5.41) is 0. The van der Waals surface area contributed by atoms with Crippen LogP contribution in [0.15, 0.2) is 24.3 Å². The van der Waals surface area contributed by atoms with Gasteiger partial charge in [-0.15, -0.1) is 0 Å². The number of carbonyl (C=O) groups is 1. The number of rotatable bonds is 5. The van der Waals surface area contributed by atoms with Crippen molar-refractivity contribution in [2.45, 2.75) is 39.0 Å². The fraction of sp³-hybridized carbons (Fsp3) is 0.667. The van der Waals surface area contributed by atoms with E-state index in [0.29, 0.717) is 5.92 Å². The van der Waals surface area contributed by atoms with E-state index in [2.05, 4.69) is 24.3 Å². The van der Waals surface area contributed by atoms with E-state index in [1.165, 1.54) is 32.1 Å². The van der Waals surface area contributed by atoms with Crippen molar-refractivity contribution in [2.24, 2.45) is 11.8 Å². The predicted octanol–water partition coefficient (Wildman–Crippen LogP) is 3.16. The molecule has 0 aromatic heterocycles. The van der Waals surface area contributed by atoms with Gasteiger partial charge in [0.25, 0.3) is 0 Å². The molecule has 1 unspecified atom stereocenters. The number of hydrogen-bond acceptors (Lipinski definition) is 1. The molecule has 0 aromatic rings. The average Bonchev–Trinajstić information content (AvgIpc) is 3.13. The second-order valence-electron chi connectivity index (χ2n) is 5.34. The van der Waals surface area contributed by atoms with Crippen LogP contribution >= 0.6 is 0 Å². The van der Waals surface area contributed by atoms with Gasteiger partial charge >= 0.3 is 0 Å². The maximum atomic E-state index is 11.5. The normalized spacial score (nSPS) is 24.2. The van der Waals surface area contributed by atoms with Crippen LogP contribution in [-0.2, 0) is 4.79 Å². The molecule has 0 aromatic carbocycles. The summed E-state index contributed by atoms with van der Waals surface area (Å²) in [6, 6.07) is 0. The second kappa shape index (κ2) is 6.04. The number of carbonyl (C=O) groups excluding carboxylic acids is 1. The van der Waals surface area contributed by atoms with Gasteiger partial charge in [-0.2, -0.15) is 0 Å². The molecule has 0 N–H and O–H groups in total. The van der Waals surface area contributed by atoms with Gasteiger partial charge in [-0.25, -0.2) is 0 Å². The Morgan fingerprint density at radius 3 is 2.76 bits per heavy atom. The highest BCUT2D eigenvalue weighted by atomic mass is 16.2. The molecule has 0 radical (unpaired) electrons. The van der Waals surface area contributed by atoms with Gasteiger partial charge in [-0.05, 0) is 43.9 Å². The monoisotopic (exact) mass is 233 g/mol. The zero-order valence-corrected chi connectivity index (χ0v) is 10.8. The number of nitrogens with zero attached hydrogens (tertiary/aromatic N) is 1. The lowest BCUT2D eigenvalue weighted by molar-refractivity contribution is -0.128. The van der Waals surface area contributed by atoms with Crippen LogP contribution in [0.3, 0.4) is 0 Å². The van der Waals surface area contributed by atoms with E-state index in [4.69, 9.17) is 0 Å². The second-order valence-corrected chi connectivity index (χ2v) is 5.34. The SMILES string of the molecule is CC(=O)N(CC=CC1CC=CCC1)CC1CC1. The molecule has 0 aliphatic heterocycles. The molecule has 1 saturated carbocycles. The first-order valence-corrected chi connectivity index (χ1v) is 6.83. The average molecular weight is 233 g/mol. The Balaban J connectivity index is 1.75. The van der Waals surface area contributed by atoms with Gasteiger partial charge in [-0.3, -0.25) is 4.79 Å². The summed E-state index contributed by atoms with van der Waals surface area (Å²) in [5.74, 6) is 1.68. The molecule has 2 rings (SSSR count). The lowest BCUT2D eigenvalue weighted by atomic mass is 9.94. The minimum atomic E-state index is 0.213. The molecule has 0 bridgehead atoms. The Kier molecular flexibility index (Phi) is 4.41. The summed E-state index contributed by atoms with van der Waals surface area (Å²) in [6.07, 6.45) is 15.3. The molecule has 94 valence electrons. The zero-order chi connectivity index (χ0) is 12.1. The molecular weight excluding hydrogens is 210 g/mol. The summed E-state index contributed by atoms with van der Waals surface area (Å²) in [4.78, 5) is 13.4. The van der Waals surface area contributed by atoms with E-state index in [0.717, 1.165) is 19.0 Å². The highest BCUT2D eigenvalue weighted by Crippen LogP contribution is 2.29. The van der Waals surface area contributed by atoms with Gasteiger partial charge in [-0.1, -0.05) is 24.3 Å². The fourth-order valence-electron chi connectivity index (χ4n) is 2.32. The summed E-state index contributed by atoms with van der Waals surface area (Å²) >= 11 is 0. The quantitative estimate of drug-likeness (QED) is 0.668. The molecule has 0 saturated heterocycles. The van der Waals surface area contributed by atoms with Crippen molar-refractivity contribution in [2.75, 3.05) is 13.1 Å². The lowest BCUT2D eigenvalue weighted by Gasteiger charge is -2.19. The first-order valence-electron chi connectivity index (χ1n) is 6.83. The van der Waals surface area contributed by atoms with E-state index in [1.54, 1.807) is 6.92 Å². The van der Waals surface area contributed by atoms with Crippen LogP contribution in [0.25, 0.3) is 0 Å². The maximum Gasteiger partial charge on any atom is 0.219 e. The van der Waals surface area contributed by atoms with Crippen LogP contribution in [0.2, 0.25) is 0 Å². The molecule has 17 heavy (non-hydrogen) atoms. The van der Waals surface area contributed by atoms with E-state index in [9.17, 15) is 4.79 Å². The summed E-state index contributed by atoms with van der Waals surface area (Å²) in [5.41, 5.74) is 0. The first-order chi connectivity index (χ1) is 8.25. The smallest absolute Gasteiger partial charge is 0.219 e. The molecule has 2 aliphatic rings. The third-order valence-corrected chi connectivity index (χ3v) is 3.66. The number of hydrogen-bond donors (Lipinski definition) is 0. The largest absolute Gasteiger partial charge is 0.339 e. The zero-order valence-electron chi connectivity index (χ0n) is 10.8. The van der Waals surface area contributed by atoms with Crippen molar-refractivity contribution in [3.05, 3.63) is 24.3 Å². The number of amides is 1. The minimum Gasteiger partial charge on any atom is -0.339 e. The molecule has 0 spiro atoms. The molecule has 1 atom stereocenters. The summed E-state index contributed by atoms with van der Waals surface area (Å²) in [7, 11) is 0. The maximum absolute atomic E-state index is 11.5. The predicted molar refractivity (Wildman–Crippen MR) is 70.6 cm³/mol. The van der Waals surface area contributed by atoms with Crippen molar-refractivity contribution < 1.29 is 4.79 Å². The molecule has 1 fully saturated rings. The Morgan fingerprint density at radius 1 is 1.35 bits per heavy atom. The van der Waals surface area contributed by atoms with Crippen LogP contribution in [0, 0.1) is 11.8 Å². The van der Waals surface area contributed by atoms with E-state index >= 15 is 0 Å². The van der Waals surface area contributed by atoms with Crippen LogP contribution in [0.5, 0.6) is 0 Å². The Hall–Kier alpha value is -1.05. The molecule has 1 amide bonds. The first kappa shape index (κ1) is 12.4. The van der Waals surface area contributed by atoms with Crippen LogP contribution in [-0.4, -0.2) is 23.9 Å². The summed E-state index contributed by atoms with van der Waals surface area (Å²) < 4.78 is 0. The van der Waals surface area contributed by atoms with Crippen molar-refractivity contribution in [3.8, 4) is 0 Å². The van der Waals surface area contributed by atoms with Crippen LogP contribution in [0.4, 0.5) is 0 Å². The van der Waals surface area contributed by atoms with Gasteiger partial charge in [0.05, 0.1) is 0 Å². The Labute approximate surface area is 104 Å². The van der Waals surface area contributed by atoms with E-state index in [-0.39, 0.29) is 5.91 Å². The molecule has 2 heteroatoms. The van der Waals surface area contributed by atoms with Crippen molar-refractivity contribution >= 4 is 5.91 Å². The highest BCUT2D eigenvalue weighted by Gasteiger charge is 2.24. The fourth-order valence-corrected chi connectivity index (χ4v) is 2.32. The topological polar surface area (TPSA) is 20.3 Å². The third kappa shape index (κ3) is 4.37. The van der Waals surface area contributed by atoms with Crippen LogP contribution in [0.1, 0.15) is 39.0 Å². The van der Waals surface area contributed by atoms with Crippen molar-refractivity contribution in [1.82, 2.24) is 4.90 Å². The third-order valence-electron chi connectivity index (χ3n) is 3.66. The van der Waals surface area contributed by atoms with Gasteiger partial charge in [0.2, 0.25) is 5.91 Å². The Bertz CT molecular complexity index is 315. The van der Waals surface area contributed by atoms with E-state index in [1.807, 2.05) is 4.90 Å². The Morgan fingerprint density at radius 2 is 2.18 bits per heavy atom. The molecule has 2 nitrogen and oxygen atoms in total. The molecular formula is C15H23NO. The standard InChI is InChI=1S/C15H23NO/c1-13(17)16(12-15-9-10-15)11-5-8-14-6-3-2-4-7-14/h2-3,5,8,14-15H,4,6-7,9-12H2,1H3. The molecule has 0 heterocycles. The van der Waals surface area contributed by atoms with Gasteiger partial charge in [0.1, 0.15) is 0 Å². The van der Waals surface area contributed by atoms with Gasteiger partial charge in [0, 0.05) is 20.0 Å². The van der Waals surface area contributed by atoms with Crippen molar-refractivity contribution in [1.29, 1.82) is 0 Å². The highest BCUT2D eigenvalue weighted by molar-refractivity contribution is 5.73. The lowest BCUT2D eigenvalue weighted by Crippen LogP contribution is -2.30. The van der Waals surface area contributed by atoms with Gasteiger partial charge in [0.15, 0.2) is 0 Å². The van der Waals surface area contributed by atoms with Crippen molar-refractivity contribution in [3.63, 3.8) is 0 Å².